The van der Waals surface area contributed by atoms with Crippen molar-refractivity contribution in [2.75, 3.05) is 0 Å². The number of rotatable bonds is 2. The van der Waals surface area contributed by atoms with Crippen molar-refractivity contribution in [1.29, 1.82) is 0 Å². The first kappa shape index (κ1) is 10.2. The van der Waals surface area contributed by atoms with Gasteiger partial charge in [0.05, 0.1) is 0 Å². The van der Waals surface area contributed by atoms with Gasteiger partial charge >= 0.3 is 12.2 Å². The molecule has 0 aromatic carbocycles. The predicted molar refractivity (Wildman–Crippen MR) is 37.5 cm³/mol. The Labute approximate surface area is 75.0 Å². The Morgan fingerprint density at radius 1 is 1.57 bits per heavy atom. The molecular formula is C6H3F3N2O3. The zero-order valence-corrected chi connectivity index (χ0v) is 6.45. The predicted octanol–water partition coefficient (Wildman–Crippen LogP) is 1.77. The maximum absolute atomic E-state index is 12.6. The lowest BCUT2D eigenvalue weighted by Crippen LogP contribution is -1.99. The molecule has 0 aliphatic heterocycles. The van der Waals surface area contributed by atoms with Crippen LogP contribution < -0.4 is 0 Å². The average Bonchev–Trinajstić information content (AvgIpc) is 2.08. The molecule has 0 atom stereocenters. The SMILES string of the molecule is O=[N+]([O-])c1nc(C(F)F)cc(F)c1O. The second kappa shape index (κ2) is 3.48. The first-order chi connectivity index (χ1) is 6.43. The minimum Gasteiger partial charge on any atom is -0.499 e. The Kier molecular flexibility index (Phi) is 2.54. The van der Waals surface area contributed by atoms with Crippen LogP contribution >= 0.6 is 0 Å². The summed E-state index contributed by atoms with van der Waals surface area (Å²) < 4.78 is 36.6. The molecule has 5 nitrogen and oxygen atoms in total. The zero-order valence-electron chi connectivity index (χ0n) is 6.45. The summed E-state index contributed by atoms with van der Waals surface area (Å²) in [4.78, 5) is 11.7. The van der Waals surface area contributed by atoms with E-state index >= 15 is 0 Å². The first-order valence-corrected chi connectivity index (χ1v) is 3.25. The Bertz CT molecular complexity index is 383. The molecule has 0 saturated carbocycles. The summed E-state index contributed by atoms with van der Waals surface area (Å²) in [6.07, 6.45) is -3.14. The summed E-state index contributed by atoms with van der Waals surface area (Å²) >= 11 is 0. The van der Waals surface area contributed by atoms with Gasteiger partial charge in [0.1, 0.15) is 0 Å². The van der Waals surface area contributed by atoms with Gasteiger partial charge in [0.2, 0.25) is 5.69 Å². The van der Waals surface area contributed by atoms with Crippen molar-refractivity contribution in [1.82, 2.24) is 4.98 Å². The van der Waals surface area contributed by atoms with E-state index in [4.69, 9.17) is 5.11 Å². The van der Waals surface area contributed by atoms with Crippen molar-refractivity contribution in [3.05, 3.63) is 27.7 Å². The lowest BCUT2D eigenvalue weighted by Gasteiger charge is -1.99. The summed E-state index contributed by atoms with van der Waals surface area (Å²) in [6, 6.07) is 0.243. The van der Waals surface area contributed by atoms with E-state index in [2.05, 4.69) is 4.98 Å². The quantitative estimate of drug-likeness (QED) is 0.593. The molecule has 0 amide bonds. The van der Waals surface area contributed by atoms with Crippen LogP contribution in [0.1, 0.15) is 12.1 Å². The molecule has 0 aliphatic carbocycles. The van der Waals surface area contributed by atoms with Gasteiger partial charge in [-0.05, 0) is 9.91 Å². The number of nitrogens with zero attached hydrogens (tertiary/aromatic N) is 2. The third-order valence-corrected chi connectivity index (χ3v) is 1.34. The summed E-state index contributed by atoms with van der Waals surface area (Å²) in [5.74, 6) is -4.17. The summed E-state index contributed by atoms with van der Waals surface area (Å²) in [5, 5.41) is 18.9. The van der Waals surface area contributed by atoms with Crippen LogP contribution in [0.4, 0.5) is 19.0 Å². The van der Waals surface area contributed by atoms with E-state index in [1.165, 1.54) is 0 Å². The van der Waals surface area contributed by atoms with Crippen LogP contribution in [-0.2, 0) is 0 Å². The molecule has 0 spiro atoms. The number of hydrogen-bond acceptors (Lipinski definition) is 4. The van der Waals surface area contributed by atoms with Crippen LogP contribution in [0.15, 0.2) is 6.07 Å². The van der Waals surface area contributed by atoms with Crippen LogP contribution in [-0.4, -0.2) is 15.0 Å². The van der Waals surface area contributed by atoms with E-state index in [1.54, 1.807) is 0 Å². The Morgan fingerprint density at radius 2 is 2.14 bits per heavy atom. The number of halogens is 3. The van der Waals surface area contributed by atoms with Crippen molar-refractivity contribution >= 4 is 5.82 Å². The third-order valence-electron chi connectivity index (χ3n) is 1.34. The molecule has 0 saturated heterocycles. The van der Waals surface area contributed by atoms with Gasteiger partial charge in [-0.15, -0.1) is 0 Å². The number of alkyl halides is 2. The van der Waals surface area contributed by atoms with Crippen molar-refractivity contribution in [3.8, 4) is 5.75 Å². The smallest absolute Gasteiger partial charge is 0.409 e. The van der Waals surface area contributed by atoms with Gasteiger partial charge in [-0.2, -0.15) is 0 Å². The lowest BCUT2D eigenvalue weighted by molar-refractivity contribution is -0.391. The zero-order chi connectivity index (χ0) is 10.9. The molecule has 14 heavy (non-hydrogen) atoms. The summed E-state index contributed by atoms with van der Waals surface area (Å²) in [5.41, 5.74) is -1.09. The van der Waals surface area contributed by atoms with Crippen molar-refractivity contribution in [2.45, 2.75) is 6.43 Å². The third kappa shape index (κ3) is 1.73. The van der Waals surface area contributed by atoms with Crippen LogP contribution in [0, 0.1) is 15.9 Å². The molecule has 0 bridgehead atoms. The molecule has 8 heteroatoms. The molecular weight excluding hydrogens is 205 g/mol. The highest BCUT2D eigenvalue weighted by atomic mass is 19.3. The number of aromatic hydroxyl groups is 1. The van der Waals surface area contributed by atoms with E-state index in [0.717, 1.165) is 0 Å². The van der Waals surface area contributed by atoms with E-state index in [9.17, 15) is 23.3 Å². The molecule has 0 radical (unpaired) electrons. The maximum atomic E-state index is 12.6. The fraction of sp³-hybridized carbons (Fsp3) is 0.167. The van der Waals surface area contributed by atoms with Crippen molar-refractivity contribution < 1.29 is 23.2 Å². The minimum atomic E-state index is -3.14. The molecule has 1 heterocycles. The number of nitro groups is 1. The van der Waals surface area contributed by atoms with Crippen LogP contribution in [0.2, 0.25) is 0 Å². The van der Waals surface area contributed by atoms with Crippen LogP contribution in [0.5, 0.6) is 5.75 Å². The van der Waals surface area contributed by atoms with Crippen LogP contribution in [0.3, 0.4) is 0 Å². The maximum Gasteiger partial charge on any atom is 0.409 e. The van der Waals surface area contributed by atoms with Gasteiger partial charge in [-0.25, -0.2) is 13.2 Å². The lowest BCUT2D eigenvalue weighted by atomic mass is 10.3. The van der Waals surface area contributed by atoms with Gasteiger partial charge in [-0.1, -0.05) is 0 Å². The van der Waals surface area contributed by atoms with Crippen LogP contribution in [0.25, 0.3) is 0 Å². The molecule has 1 aromatic heterocycles. The number of hydrogen-bond donors (Lipinski definition) is 1. The highest BCUT2D eigenvalue weighted by Crippen LogP contribution is 2.29. The molecule has 0 aliphatic rings. The Balaban J connectivity index is 3.35. The molecule has 1 N–H and O–H groups in total. The minimum absolute atomic E-state index is 0.243. The monoisotopic (exact) mass is 208 g/mol. The fourth-order valence-electron chi connectivity index (χ4n) is 0.752. The molecule has 0 fully saturated rings. The highest BCUT2D eigenvalue weighted by molar-refractivity contribution is 5.40. The second-order valence-corrected chi connectivity index (χ2v) is 2.26. The van der Waals surface area contributed by atoms with Crippen molar-refractivity contribution in [3.63, 3.8) is 0 Å². The van der Waals surface area contributed by atoms with E-state index in [1.807, 2.05) is 0 Å². The van der Waals surface area contributed by atoms with Gasteiger partial charge in [0.25, 0.3) is 5.75 Å². The Morgan fingerprint density at radius 3 is 2.57 bits per heavy atom. The normalized spacial score (nSPS) is 10.6. The van der Waals surface area contributed by atoms with Gasteiger partial charge in [-0.3, -0.25) is 0 Å². The van der Waals surface area contributed by atoms with Gasteiger partial charge < -0.3 is 15.2 Å². The molecule has 1 aromatic rings. The summed E-state index contributed by atoms with van der Waals surface area (Å²) in [6.45, 7) is 0. The first-order valence-electron chi connectivity index (χ1n) is 3.25. The average molecular weight is 208 g/mol. The second-order valence-electron chi connectivity index (χ2n) is 2.26. The highest BCUT2D eigenvalue weighted by Gasteiger charge is 2.26. The largest absolute Gasteiger partial charge is 0.499 e. The molecule has 1 rings (SSSR count). The fourth-order valence-corrected chi connectivity index (χ4v) is 0.752. The number of pyridine rings is 1. The van der Waals surface area contributed by atoms with Gasteiger partial charge in [0, 0.05) is 6.07 Å². The topological polar surface area (TPSA) is 76.3 Å². The standard InChI is InChI=1S/C6H3F3N2O3/c7-2-1-3(5(8)9)10-6(4(2)12)11(13)14/h1,5,12H. The Hall–Kier alpha value is -1.86. The van der Waals surface area contributed by atoms with Gasteiger partial charge in [0.15, 0.2) is 5.82 Å². The van der Waals surface area contributed by atoms with Crippen molar-refractivity contribution in [2.24, 2.45) is 0 Å². The number of aromatic nitrogens is 1. The molecule has 76 valence electrons. The van der Waals surface area contributed by atoms with E-state index in [0.29, 0.717) is 0 Å². The summed E-state index contributed by atoms with van der Waals surface area (Å²) in [7, 11) is 0. The molecule has 0 unspecified atom stereocenters. The van der Waals surface area contributed by atoms with E-state index < -0.39 is 34.4 Å². The van der Waals surface area contributed by atoms with E-state index in [-0.39, 0.29) is 6.07 Å².